The second kappa shape index (κ2) is 7.04. The van der Waals surface area contributed by atoms with Gasteiger partial charge >= 0.3 is 0 Å². The molecule has 2 rings (SSSR count). The van der Waals surface area contributed by atoms with Crippen molar-refractivity contribution in [3.8, 4) is 0 Å². The quantitative estimate of drug-likeness (QED) is 0.318. The molecule has 0 bridgehead atoms. The van der Waals surface area contributed by atoms with Gasteiger partial charge in [0.1, 0.15) is 18.0 Å². The van der Waals surface area contributed by atoms with Crippen LogP contribution in [-0.4, -0.2) is 28.5 Å². The second-order valence-electron chi connectivity index (χ2n) is 4.92. The molecule has 7 nitrogen and oxygen atoms in total. The average molecular weight is 278 g/mol. The maximum atomic E-state index is 11.5. The minimum Gasteiger partial charge on any atom is -0.370 e. The van der Waals surface area contributed by atoms with E-state index in [9.17, 15) is 4.79 Å². The molecule has 1 aromatic heterocycles. The van der Waals surface area contributed by atoms with Crippen LogP contribution in [0, 0.1) is 0 Å². The fourth-order valence-corrected chi connectivity index (χ4v) is 2.01. The van der Waals surface area contributed by atoms with Crippen LogP contribution >= 0.6 is 0 Å². The van der Waals surface area contributed by atoms with E-state index in [1.54, 1.807) is 0 Å². The van der Waals surface area contributed by atoms with Gasteiger partial charge in [0, 0.05) is 24.6 Å². The summed E-state index contributed by atoms with van der Waals surface area (Å²) in [4.78, 5) is 19.8. The molecule has 0 atom stereocenters. The Hall–Kier alpha value is -1.89. The number of nitrogen functional groups attached to an aromatic ring is 1. The molecule has 0 unspecified atom stereocenters. The third-order valence-electron chi connectivity index (χ3n) is 3.25. The first kappa shape index (κ1) is 14.5. The average Bonchev–Trinajstić information content (AvgIpc) is 3.26. The smallest absolute Gasteiger partial charge is 0.220 e. The highest BCUT2D eigenvalue weighted by Gasteiger charge is 2.22. The van der Waals surface area contributed by atoms with Crippen molar-refractivity contribution in [2.24, 2.45) is 5.84 Å². The van der Waals surface area contributed by atoms with E-state index in [0.29, 0.717) is 24.8 Å². The largest absolute Gasteiger partial charge is 0.370 e. The van der Waals surface area contributed by atoms with Gasteiger partial charge in [0.15, 0.2) is 0 Å². The summed E-state index contributed by atoms with van der Waals surface area (Å²) in [6, 6.07) is 0.433. The number of carbonyl (C=O) groups excluding carboxylic acids is 1. The Kier molecular flexibility index (Phi) is 5.11. The Bertz CT molecular complexity index is 460. The summed E-state index contributed by atoms with van der Waals surface area (Å²) >= 11 is 0. The number of nitrogens with two attached hydrogens (primary N) is 1. The zero-order valence-electron chi connectivity index (χ0n) is 11.8. The van der Waals surface area contributed by atoms with Crippen LogP contribution in [0.5, 0.6) is 0 Å². The lowest BCUT2D eigenvalue weighted by molar-refractivity contribution is -0.121. The van der Waals surface area contributed by atoms with E-state index >= 15 is 0 Å². The van der Waals surface area contributed by atoms with Gasteiger partial charge in [-0.1, -0.05) is 6.92 Å². The lowest BCUT2D eigenvalue weighted by atomic mass is 10.2. The molecule has 0 saturated heterocycles. The van der Waals surface area contributed by atoms with Gasteiger partial charge < -0.3 is 16.1 Å². The molecule has 110 valence electrons. The van der Waals surface area contributed by atoms with Crippen LogP contribution < -0.4 is 21.9 Å². The van der Waals surface area contributed by atoms with E-state index in [4.69, 9.17) is 5.84 Å². The Morgan fingerprint density at radius 1 is 1.40 bits per heavy atom. The third kappa shape index (κ3) is 4.06. The standard InChI is InChI=1S/C13H22N6O/c1-2-10-12(16-8-17-13(10)19-14)15-7-3-4-11(20)18-9-5-6-9/h8-9H,2-7,14H2,1H3,(H,18,20)(H2,15,16,17,19). The van der Waals surface area contributed by atoms with Crippen LogP contribution in [0.4, 0.5) is 11.6 Å². The molecule has 0 aliphatic heterocycles. The number of carbonyl (C=O) groups is 1. The van der Waals surface area contributed by atoms with Crippen LogP contribution in [0.15, 0.2) is 6.33 Å². The van der Waals surface area contributed by atoms with Crippen molar-refractivity contribution >= 4 is 17.5 Å². The first-order valence-corrected chi connectivity index (χ1v) is 7.08. The van der Waals surface area contributed by atoms with Gasteiger partial charge in [-0.15, -0.1) is 0 Å². The molecule has 1 aromatic rings. The van der Waals surface area contributed by atoms with Crippen molar-refractivity contribution in [3.05, 3.63) is 11.9 Å². The molecule has 0 aromatic carbocycles. The Labute approximate surface area is 118 Å². The normalized spacial score (nSPS) is 13.9. The molecule has 1 aliphatic carbocycles. The predicted octanol–water partition coefficient (Wildman–Crippen LogP) is 0.795. The first-order chi connectivity index (χ1) is 9.74. The minimum absolute atomic E-state index is 0.136. The number of hydrogen-bond donors (Lipinski definition) is 4. The van der Waals surface area contributed by atoms with Crippen LogP contribution in [0.25, 0.3) is 0 Å². The van der Waals surface area contributed by atoms with Gasteiger partial charge in [0.25, 0.3) is 0 Å². The maximum Gasteiger partial charge on any atom is 0.220 e. The van der Waals surface area contributed by atoms with Gasteiger partial charge in [-0.2, -0.15) is 0 Å². The molecule has 1 fully saturated rings. The van der Waals surface area contributed by atoms with E-state index < -0.39 is 0 Å². The number of hydrazine groups is 1. The van der Waals surface area contributed by atoms with Crippen molar-refractivity contribution in [2.75, 3.05) is 17.3 Å². The number of nitrogens with zero attached hydrogens (tertiary/aromatic N) is 2. The summed E-state index contributed by atoms with van der Waals surface area (Å²) in [5.41, 5.74) is 3.52. The Balaban J connectivity index is 1.76. The topological polar surface area (TPSA) is 105 Å². The summed E-state index contributed by atoms with van der Waals surface area (Å²) in [6.07, 6.45) is 5.82. The molecule has 5 N–H and O–H groups in total. The van der Waals surface area contributed by atoms with Crippen molar-refractivity contribution < 1.29 is 4.79 Å². The van der Waals surface area contributed by atoms with Crippen molar-refractivity contribution in [1.82, 2.24) is 15.3 Å². The zero-order valence-corrected chi connectivity index (χ0v) is 11.8. The monoisotopic (exact) mass is 278 g/mol. The van der Waals surface area contributed by atoms with Crippen LogP contribution in [0.1, 0.15) is 38.2 Å². The van der Waals surface area contributed by atoms with Crippen LogP contribution in [0.2, 0.25) is 0 Å². The van der Waals surface area contributed by atoms with Crippen molar-refractivity contribution in [1.29, 1.82) is 0 Å². The second-order valence-corrected chi connectivity index (χ2v) is 4.92. The van der Waals surface area contributed by atoms with Gasteiger partial charge in [-0.3, -0.25) is 4.79 Å². The van der Waals surface area contributed by atoms with Crippen molar-refractivity contribution in [2.45, 2.75) is 45.1 Å². The number of nitrogens with one attached hydrogen (secondary N) is 3. The van der Waals surface area contributed by atoms with E-state index in [0.717, 1.165) is 37.1 Å². The molecule has 7 heteroatoms. The van der Waals surface area contributed by atoms with E-state index in [2.05, 4.69) is 26.0 Å². The molecule has 1 amide bonds. The summed E-state index contributed by atoms with van der Waals surface area (Å²) in [5, 5.41) is 6.21. The SMILES string of the molecule is CCc1c(NN)ncnc1NCCCC(=O)NC1CC1. The van der Waals surface area contributed by atoms with Gasteiger partial charge in [0.05, 0.1) is 0 Å². The molecule has 20 heavy (non-hydrogen) atoms. The number of rotatable bonds is 8. The molecule has 1 saturated carbocycles. The maximum absolute atomic E-state index is 11.5. The predicted molar refractivity (Wildman–Crippen MR) is 78.1 cm³/mol. The zero-order chi connectivity index (χ0) is 14.4. The van der Waals surface area contributed by atoms with E-state index in [1.165, 1.54) is 6.33 Å². The summed E-state index contributed by atoms with van der Waals surface area (Å²) < 4.78 is 0. The molecule has 1 heterocycles. The lowest BCUT2D eigenvalue weighted by Gasteiger charge is -2.12. The first-order valence-electron chi connectivity index (χ1n) is 7.08. The summed E-state index contributed by atoms with van der Waals surface area (Å²) in [7, 11) is 0. The summed E-state index contributed by atoms with van der Waals surface area (Å²) in [5.74, 6) is 6.97. The molecular weight excluding hydrogens is 256 g/mol. The highest BCUT2D eigenvalue weighted by molar-refractivity contribution is 5.76. The molecular formula is C13H22N6O. The highest BCUT2D eigenvalue weighted by Crippen LogP contribution is 2.20. The minimum atomic E-state index is 0.136. The number of anilines is 2. The highest BCUT2D eigenvalue weighted by atomic mass is 16.1. The number of aromatic nitrogens is 2. The number of amides is 1. The molecule has 0 spiro atoms. The van der Waals surface area contributed by atoms with Gasteiger partial charge in [-0.05, 0) is 25.7 Å². The Morgan fingerprint density at radius 2 is 2.15 bits per heavy atom. The van der Waals surface area contributed by atoms with E-state index in [-0.39, 0.29) is 5.91 Å². The van der Waals surface area contributed by atoms with Gasteiger partial charge in [-0.25, -0.2) is 15.8 Å². The lowest BCUT2D eigenvalue weighted by Crippen LogP contribution is -2.25. The van der Waals surface area contributed by atoms with Crippen LogP contribution in [0.3, 0.4) is 0 Å². The fraction of sp³-hybridized carbons (Fsp3) is 0.615. The van der Waals surface area contributed by atoms with Gasteiger partial charge in [0.2, 0.25) is 5.91 Å². The summed E-state index contributed by atoms with van der Waals surface area (Å²) in [6.45, 7) is 2.72. The number of hydrogen-bond acceptors (Lipinski definition) is 6. The third-order valence-corrected chi connectivity index (χ3v) is 3.25. The Morgan fingerprint density at radius 3 is 2.80 bits per heavy atom. The van der Waals surface area contributed by atoms with Crippen molar-refractivity contribution in [3.63, 3.8) is 0 Å². The fourth-order valence-electron chi connectivity index (χ4n) is 2.01. The van der Waals surface area contributed by atoms with Crippen LogP contribution in [-0.2, 0) is 11.2 Å². The van der Waals surface area contributed by atoms with E-state index in [1.807, 2.05) is 6.92 Å². The molecule has 1 aliphatic rings. The molecule has 0 radical (unpaired) electrons.